The predicted molar refractivity (Wildman–Crippen MR) is 179 cm³/mol. The van der Waals surface area contributed by atoms with E-state index in [1.54, 1.807) is 17.8 Å². The lowest BCUT2D eigenvalue weighted by atomic mass is 9.98. The van der Waals surface area contributed by atoms with E-state index in [-0.39, 0.29) is 5.56 Å². The lowest BCUT2D eigenvalue weighted by Gasteiger charge is -2.33. The van der Waals surface area contributed by atoms with Gasteiger partial charge < -0.3 is 14.5 Å². The number of nitrogens with zero attached hydrogens (tertiary/aromatic N) is 5. The maximum absolute atomic E-state index is 12.1. The van der Waals surface area contributed by atoms with Gasteiger partial charge in [0.1, 0.15) is 5.82 Å². The molecule has 4 rings (SSSR count). The Morgan fingerprint density at radius 3 is 2.47 bits per heavy atom. The minimum atomic E-state index is -0.0694. The number of morpholine rings is 1. The number of unbranched alkanes of at least 4 members (excludes halogenated alkanes) is 1. The smallest absolute Gasteiger partial charge is 0.253 e. The van der Waals surface area contributed by atoms with Crippen LogP contribution in [0, 0.1) is 0 Å². The molecule has 7 nitrogen and oxygen atoms in total. The van der Waals surface area contributed by atoms with Gasteiger partial charge in [-0.15, -0.1) is 0 Å². The quantitative estimate of drug-likeness (QED) is 0.297. The lowest BCUT2D eigenvalue weighted by Crippen LogP contribution is -2.35. The first-order valence-electron chi connectivity index (χ1n) is 15.7. The van der Waals surface area contributed by atoms with Crippen molar-refractivity contribution in [1.82, 2.24) is 24.3 Å². The zero-order valence-corrected chi connectivity index (χ0v) is 27.4. The molecule has 0 spiro atoms. The molecule has 0 atom stereocenters. The van der Waals surface area contributed by atoms with Gasteiger partial charge in [0, 0.05) is 80.8 Å². The number of allylic oxidation sites excluding steroid dienone is 7. The van der Waals surface area contributed by atoms with Crippen molar-refractivity contribution in [3.63, 3.8) is 0 Å². The molecule has 2 aliphatic heterocycles. The summed E-state index contributed by atoms with van der Waals surface area (Å²) >= 11 is 0. The van der Waals surface area contributed by atoms with Crippen molar-refractivity contribution in [1.29, 1.82) is 0 Å². The fourth-order valence-electron chi connectivity index (χ4n) is 5.21. The molecule has 1 saturated heterocycles. The molecule has 0 N–H and O–H groups in total. The molecule has 2 aromatic rings. The molecule has 0 amide bonds. The van der Waals surface area contributed by atoms with Crippen LogP contribution in [0.25, 0.3) is 11.1 Å². The van der Waals surface area contributed by atoms with Crippen molar-refractivity contribution in [2.75, 3.05) is 32.8 Å². The first-order valence-corrected chi connectivity index (χ1v) is 15.7. The molecule has 0 radical (unpaired) electrons. The number of fused-ring (bicyclic) bond motifs is 1. The van der Waals surface area contributed by atoms with Gasteiger partial charge in [-0.05, 0) is 61.6 Å². The Hall–Kier alpha value is -3.71. The van der Waals surface area contributed by atoms with Gasteiger partial charge in [0.25, 0.3) is 5.56 Å². The van der Waals surface area contributed by atoms with Crippen molar-refractivity contribution in [2.45, 2.75) is 73.8 Å². The molecule has 43 heavy (non-hydrogen) atoms. The Labute approximate surface area is 259 Å². The van der Waals surface area contributed by atoms with E-state index in [1.807, 2.05) is 13.1 Å². The number of pyridine rings is 1. The van der Waals surface area contributed by atoms with Gasteiger partial charge in [-0.3, -0.25) is 14.3 Å². The summed E-state index contributed by atoms with van der Waals surface area (Å²) in [5.41, 5.74) is 8.79. The van der Waals surface area contributed by atoms with Crippen LogP contribution in [0.1, 0.15) is 83.5 Å². The highest BCUT2D eigenvalue weighted by Crippen LogP contribution is 2.29. The van der Waals surface area contributed by atoms with Crippen LogP contribution in [0.4, 0.5) is 0 Å². The number of hydrogen-bond acceptors (Lipinski definition) is 6. The molecule has 0 saturated carbocycles. The summed E-state index contributed by atoms with van der Waals surface area (Å²) < 4.78 is 7.15. The van der Waals surface area contributed by atoms with Crippen molar-refractivity contribution in [3.05, 3.63) is 105 Å². The first kappa shape index (κ1) is 33.8. The highest BCUT2D eigenvalue weighted by atomic mass is 16.5. The van der Waals surface area contributed by atoms with Crippen LogP contribution in [0.5, 0.6) is 0 Å². The Balaban J connectivity index is 0.00000162. The van der Waals surface area contributed by atoms with E-state index in [9.17, 15) is 4.79 Å². The number of ether oxygens (including phenoxy) is 1. The molecule has 0 aromatic carbocycles. The van der Waals surface area contributed by atoms with E-state index in [4.69, 9.17) is 9.72 Å². The zero-order chi connectivity index (χ0) is 31.4. The molecule has 0 unspecified atom stereocenters. The average molecular weight is 586 g/mol. The summed E-state index contributed by atoms with van der Waals surface area (Å²) in [6, 6.07) is 3.76. The van der Waals surface area contributed by atoms with Crippen LogP contribution in [0.2, 0.25) is 0 Å². The summed E-state index contributed by atoms with van der Waals surface area (Å²) in [7, 11) is 1.76. The molecule has 1 fully saturated rings. The Morgan fingerprint density at radius 2 is 1.79 bits per heavy atom. The molecule has 0 bridgehead atoms. The normalized spacial score (nSPS) is 16.4. The Bertz CT molecular complexity index is 1420. The molecule has 7 heteroatoms. The second kappa shape index (κ2) is 16.8. The van der Waals surface area contributed by atoms with E-state index in [2.05, 4.69) is 86.4 Å². The van der Waals surface area contributed by atoms with Crippen LogP contribution in [-0.4, -0.2) is 57.2 Å². The molecule has 2 aromatic heterocycles. The van der Waals surface area contributed by atoms with E-state index < -0.39 is 0 Å². The van der Waals surface area contributed by atoms with Gasteiger partial charge >= 0.3 is 0 Å². The van der Waals surface area contributed by atoms with E-state index in [1.165, 1.54) is 23.7 Å². The second-order valence-electron chi connectivity index (χ2n) is 11.2. The van der Waals surface area contributed by atoms with Crippen molar-refractivity contribution in [3.8, 4) is 0 Å². The summed E-state index contributed by atoms with van der Waals surface area (Å²) in [6.07, 6.45) is 16.8. The van der Waals surface area contributed by atoms with Crippen molar-refractivity contribution in [2.24, 2.45) is 7.05 Å². The molecule has 0 aliphatic carbocycles. The summed E-state index contributed by atoms with van der Waals surface area (Å²) in [4.78, 5) is 26.2. The van der Waals surface area contributed by atoms with E-state index in [0.717, 1.165) is 92.3 Å². The highest BCUT2D eigenvalue weighted by molar-refractivity contribution is 5.74. The topological polar surface area (TPSA) is 63.5 Å². The zero-order valence-electron chi connectivity index (χ0n) is 27.4. The molecular formula is C36H51N5O2. The van der Waals surface area contributed by atoms with Gasteiger partial charge in [-0.1, -0.05) is 58.4 Å². The first-order chi connectivity index (χ1) is 20.7. The largest absolute Gasteiger partial charge is 0.378 e. The van der Waals surface area contributed by atoms with Crippen LogP contribution >= 0.6 is 0 Å². The molecular weight excluding hydrogens is 534 g/mol. The van der Waals surface area contributed by atoms with Crippen molar-refractivity contribution < 1.29 is 4.74 Å². The SMILES string of the molecule is C=C(/C(C)=C(/C)c1nccc(=O)n1C)N1CCc2ncc(C(/C=C\C(=C\CCC)N3CCOCC3)=C/C)cc2C1.CCC. The number of aromatic nitrogens is 3. The monoisotopic (exact) mass is 585 g/mol. The summed E-state index contributed by atoms with van der Waals surface area (Å²) in [6.45, 7) is 22.0. The fourth-order valence-corrected chi connectivity index (χ4v) is 5.21. The van der Waals surface area contributed by atoms with Gasteiger partial charge in [-0.25, -0.2) is 4.98 Å². The van der Waals surface area contributed by atoms with Crippen LogP contribution in [0.15, 0.2) is 77.2 Å². The van der Waals surface area contributed by atoms with Crippen LogP contribution < -0.4 is 5.56 Å². The minimum absolute atomic E-state index is 0.0694. The maximum Gasteiger partial charge on any atom is 0.253 e. The van der Waals surface area contributed by atoms with Gasteiger partial charge in [-0.2, -0.15) is 0 Å². The lowest BCUT2D eigenvalue weighted by molar-refractivity contribution is 0.0552. The Kier molecular flexibility index (Phi) is 13.2. The third-order valence-corrected chi connectivity index (χ3v) is 7.91. The van der Waals surface area contributed by atoms with Crippen LogP contribution in [-0.2, 0) is 24.8 Å². The maximum atomic E-state index is 12.1. The fraction of sp³-hybridized carbons (Fsp3) is 0.472. The molecule has 2 aliphatic rings. The average Bonchev–Trinajstić information content (AvgIpc) is 3.03. The summed E-state index contributed by atoms with van der Waals surface area (Å²) in [5, 5.41) is 0. The number of hydrogen-bond donors (Lipinski definition) is 0. The van der Waals surface area contributed by atoms with Gasteiger partial charge in [0.15, 0.2) is 0 Å². The number of rotatable bonds is 9. The summed E-state index contributed by atoms with van der Waals surface area (Å²) in [5.74, 6) is 0.668. The standard InChI is InChI=1S/C33H43N5O2.C3H8/c1-7-9-10-30(37-17-19-40-20-18-37)12-11-27(8-2)28-21-29-23-38(16-14-31(29)35-22-28)26(5)24(3)25(4)33-34-15-13-32(39)36(33)6;1-3-2/h8,10-13,15,21-22H,5,7,9,14,16-20,23H2,1-4,6H3;3H2,1-2H3/b12-11-,25-24-,27-8+,30-10-;. The van der Waals surface area contributed by atoms with E-state index in [0.29, 0.717) is 5.82 Å². The Morgan fingerprint density at radius 1 is 1.07 bits per heavy atom. The van der Waals surface area contributed by atoms with Crippen molar-refractivity contribution >= 4 is 11.1 Å². The predicted octanol–water partition coefficient (Wildman–Crippen LogP) is 6.93. The molecule has 232 valence electrons. The van der Waals surface area contributed by atoms with E-state index >= 15 is 0 Å². The second-order valence-corrected chi connectivity index (χ2v) is 11.2. The highest BCUT2D eigenvalue weighted by Gasteiger charge is 2.21. The third-order valence-electron chi connectivity index (χ3n) is 7.91. The van der Waals surface area contributed by atoms with Gasteiger partial charge in [0.2, 0.25) is 0 Å². The molecule has 4 heterocycles. The van der Waals surface area contributed by atoms with Crippen LogP contribution in [0.3, 0.4) is 0 Å². The minimum Gasteiger partial charge on any atom is -0.378 e. The third kappa shape index (κ3) is 8.90. The van der Waals surface area contributed by atoms with Gasteiger partial charge in [0.05, 0.1) is 13.2 Å².